The number of hydrogen-bond donors (Lipinski definition) is 2. The van der Waals surface area contributed by atoms with Crippen LogP contribution in [-0.2, 0) is 9.53 Å². The molecule has 0 aliphatic carbocycles. The summed E-state index contributed by atoms with van der Waals surface area (Å²) in [5.41, 5.74) is 0.521. The van der Waals surface area contributed by atoms with Gasteiger partial charge in [-0.15, -0.1) is 0 Å². The summed E-state index contributed by atoms with van der Waals surface area (Å²) in [6.45, 7) is 2.36. The third-order valence-electron chi connectivity index (χ3n) is 2.19. The van der Waals surface area contributed by atoms with Crippen LogP contribution in [0.25, 0.3) is 0 Å². The zero-order valence-electron chi connectivity index (χ0n) is 10.3. The van der Waals surface area contributed by atoms with Crippen LogP contribution in [0, 0.1) is 5.82 Å². The van der Waals surface area contributed by atoms with Crippen LogP contribution in [-0.4, -0.2) is 32.2 Å². The first-order chi connectivity index (χ1) is 8.52. The Morgan fingerprint density at radius 1 is 1.56 bits per heavy atom. The van der Waals surface area contributed by atoms with Crippen LogP contribution in [0.2, 0.25) is 5.02 Å². The van der Waals surface area contributed by atoms with Gasteiger partial charge in [0, 0.05) is 13.2 Å². The second kappa shape index (κ2) is 7.18. The largest absolute Gasteiger partial charge is 0.383 e. The lowest BCUT2D eigenvalue weighted by molar-refractivity contribution is -0.120. The fourth-order valence-electron chi connectivity index (χ4n) is 1.43. The predicted octanol–water partition coefficient (Wildman–Crippen LogP) is 2.04. The summed E-state index contributed by atoms with van der Waals surface area (Å²) in [7, 11) is 1.57. The summed E-state index contributed by atoms with van der Waals surface area (Å²) in [5.74, 6) is -0.594. The second-order valence-corrected chi connectivity index (χ2v) is 4.31. The summed E-state index contributed by atoms with van der Waals surface area (Å²) in [4.78, 5) is 11.5. The van der Waals surface area contributed by atoms with Gasteiger partial charge in [-0.05, 0) is 25.1 Å². The van der Waals surface area contributed by atoms with Crippen molar-refractivity contribution in [3.63, 3.8) is 0 Å². The molecule has 0 radical (unpaired) electrons. The van der Waals surface area contributed by atoms with Crippen molar-refractivity contribution in [3.05, 3.63) is 29.0 Å². The van der Waals surface area contributed by atoms with Crippen molar-refractivity contribution in [1.29, 1.82) is 0 Å². The van der Waals surface area contributed by atoms with Gasteiger partial charge in [-0.25, -0.2) is 4.39 Å². The van der Waals surface area contributed by atoms with Gasteiger partial charge in [-0.2, -0.15) is 0 Å². The van der Waals surface area contributed by atoms with Gasteiger partial charge in [0.25, 0.3) is 0 Å². The van der Waals surface area contributed by atoms with Crippen molar-refractivity contribution in [1.82, 2.24) is 5.32 Å². The monoisotopic (exact) mass is 274 g/mol. The second-order valence-electron chi connectivity index (χ2n) is 3.90. The first kappa shape index (κ1) is 14.7. The van der Waals surface area contributed by atoms with Crippen LogP contribution in [0.15, 0.2) is 18.2 Å². The molecule has 1 aromatic carbocycles. The van der Waals surface area contributed by atoms with E-state index in [4.69, 9.17) is 16.3 Å². The molecule has 6 heteroatoms. The first-order valence-corrected chi connectivity index (χ1v) is 5.88. The predicted molar refractivity (Wildman–Crippen MR) is 69.4 cm³/mol. The van der Waals surface area contributed by atoms with Crippen molar-refractivity contribution < 1.29 is 13.9 Å². The third-order valence-corrected chi connectivity index (χ3v) is 2.51. The van der Waals surface area contributed by atoms with Gasteiger partial charge in [0.15, 0.2) is 0 Å². The van der Waals surface area contributed by atoms with Gasteiger partial charge in [-0.1, -0.05) is 11.6 Å². The minimum absolute atomic E-state index is 0.0620. The molecule has 100 valence electrons. The quantitative estimate of drug-likeness (QED) is 0.835. The molecule has 0 aliphatic rings. The molecule has 4 nitrogen and oxygen atoms in total. The zero-order valence-corrected chi connectivity index (χ0v) is 11.1. The number of carbonyl (C=O) groups excluding carboxylic acids is 1. The van der Waals surface area contributed by atoms with E-state index < -0.39 is 5.82 Å². The number of amides is 1. The third kappa shape index (κ3) is 4.89. The van der Waals surface area contributed by atoms with Crippen molar-refractivity contribution in [3.8, 4) is 0 Å². The van der Waals surface area contributed by atoms with Crippen LogP contribution < -0.4 is 10.6 Å². The SMILES string of the molecule is COC[C@@H](C)NC(=O)CNc1ccc(F)cc1Cl. The maximum absolute atomic E-state index is 12.8. The Kier molecular flexibility index (Phi) is 5.88. The summed E-state index contributed by atoms with van der Waals surface area (Å²) < 4.78 is 17.7. The minimum atomic E-state index is -0.413. The highest BCUT2D eigenvalue weighted by Crippen LogP contribution is 2.21. The normalized spacial score (nSPS) is 12.0. The minimum Gasteiger partial charge on any atom is -0.383 e. The Morgan fingerprint density at radius 2 is 2.28 bits per heavy atom. The number of anilines is 1. The van der Waals surface area contributed by atoms with Crippen molar-refractivity contribution >= 4 is 23.2 Å². The van der Waals surface area contributed by atoms with E-state index in [1.807, 2.05) is 6.92 Å². The maximum atomic E-state index is 12.8. The highest BCUT2D eigenvalue weighted by molar-refractivity contribution is 6.33. The number of hydrogen-bond acceptors (Lipinski definition) is 3. The lowest BCUT2D eigenvalue weighted by Crippen LogP contribution is -2.39. The van der Waals surface area contributed by atoms with Crippen molar-refractivity contribution in [2.24, 2.45) is 0 Å². The number of ether oxygens (including phenoxy) is 1. The van der Waals surface area contributed by atoms with Gasteiger partial charge >= 0.3 is 0 Å². The zero-order chi connectivity index (χ0) is 13.5. The van der Waals surface area contributed by atoms with Gasteiger partial charge in [0.1, 0.15) is 5.82 Å². The van der Waals surface area contributed by atoms with Crippen LogP contribution in [0.3, 0.4) is 0 Å². The highest BCUT2D eigenvalue weighted by atomic mass is 35.5. The van der Waals surface area contributed by atoms with E-state index in [-0.39, 0.29) is 23.5 Å². The summed E-state index contributed by atoms with van der Waals surface area (Å²) >= 11 is 5.81. The topological polar surface area (TPSA) is 50.4 Å². The van der Waals surface area contributed by atoms with E-state index in [9.17, 15) is 9.18 Å². The molecular weight excluding hydrogens is 259 g/mol. The molecule has 1 rings (SSSR count). The average Bonchev–Trinajstić information content (AvgIpc) is 2.28. The molecule has 0 unspecified atom stereocenters. The van der Waals surface area contributed by atoms with Crippen LogP contribution in [0.4, 0.5) is 10.1 Å². The smallest absolute Gasteiger partial charge is 0.239 e. The molecule has 18 heavy (non-hydrogen) atoms. The molecule has 0 saturated heterocycles. The molecule has 1 amide bonds. The van der Waals surface area contributed by atoms with E-state index in [2.05, 4.69) is 10.6 Å². The fraction of sp³-hybridized carbons (Fsp3) is 0.417. The van der Waals surface area contributed by atoms with Crippen LogP contribution in [0.5, 0.6) is 0 Å². The van der Waals surface area contributed by atoms with E-state index in [1.165, 1.54) is 18.2 Å². The van der Waals surface area contributed by atoms with Crippen LogP contribution in [0.1, 0.15) is 6.92 Å². The Labute approximate surface area is 110 Å². The number of rotatable bonds is 6. The summed E-state index contributed by atoms with van der Waals surface area (Å²) in [6, 6.07) is 3.89. The van der Waals surface area contributed by atoms with Gasteiger partial charge in [-0.3, -0.25) is 4.79 Å². The molecule has 1 atom stereocenters. The molecular formula is C12H16ClFN2O2. The number of halogens is 2. The molecule has 0 spiro atoms. The number of benzene rings is 1. The van der Waals surface area contributed by atoms with Gasteiger partial charge in [0.2, 0.25) is 5.91 Å². The molecule has 0 bridgehead atoms. The van der Waals surface area contributed by atoms with E-state index in [0.717, 1.165) is 0 Å². The lowest BCUT2D eigenvalue weighted by Gasteiger charge is -2.13. The molecule has 2 N–H and O–H groups in total. The van der Waals surface area contributed by atoms with Crippen LogP contribution >= 0.6 is 11.6 Å². The fourth-order valence-corrected chi connectivity index (χ4v) is 1.66. The summed E-state index contributed by atoms with van der Waals surface area (Å²) in [6.07, 6.45) is 0. The maximum Gasteiger partial charge on any atom is 0.239 e. The Hall–Kier alpha value is -1.33. The Bertz CT molecular complexity index is 415. The molecule has 0 heterocycles. The molecule has 0 saturated carbocycles. The Morgan fingerprint density at radius 3 is 2.89 bits per heavy atom. The van der Waals surface area contributed by atoms with Crippen molar-refractivity contribution in [2.75, 3.05) is 25.6 Å². The standard InChI is InChI=1S/C12H16ClFN2O2/c1-8(7-18-2)16-12(17)6-15-11-4-3-9(14)5-10(11)13/h3-5,8,15H,6-7H2,1-2H3,(H,16,17)/t8-/m1/s1. The Balaban J connectivity index is 2.42. The number of nitrogens with one attached hydrogen (secondary N) is 2. The van der Waals surface area contributed by atoms with E-state index in [0.29, 0.717) is 12.3 Å². The van der Waals surface area contributed by atoms with E-state index in [1.54, 1.807) is 7.11 Å². The molecule has 0 aromatic heterocycles. The summed E-state index contributed by atoms with van der Waals surface area (Å²) in [5, 5.41) is 5.82. The average molecular weight is 275 g/mol. The molecule has 0 aliphatic heterocycles. The number of methoxy groups -OCH3 is 1. The van der Waals surface area contributed by atoms with Gasteiger partial charge < -0.3 is 15.4 Å². The number of carbonyl (C=O) groups is 1. The molecule has 0 fully saturated rings. The molecule has 1 aromatic rings. The highest BCUT2D eigenvalue weighted by Gasteiger charge is 2.08. The lowest BCUT2D eigenvalue weighted by atomic mass is 10.3. The van der Waals surface area contributed by atoms with Crippen molar-refractivity contribution in [2.45, 2.75) is 13.0 Å². The van der Waals surface area contributed by atoms with Gasteiger partial charge in [0.05, 0.1) is 23.9 Å². The first-order valence-electron chi connectivity index (χ1n) is 5.50. The van der Waals surface area contributed by atoms with E-state index >= 15 is 0 Å².